The highest BCUT2D eigenvalue weighted by atomic mass is 32.2. The molecule has 0 atom stereocenters. The van der Waals surface area contributed by atoms with E-state index in [2.05, 4.69) is 19.9 Å². The Hall–Kier alpha value is -2.19. The van der Waals surface area contributed by atoms with Gasteiger partial charge in [-0.25, -0.2) is 17.5 Å². The molecule has 0 bridgehead atoms. The molecule has 0 aliphatic heterocycles. The number of H-pyrrole nitrogens is 2. The van der Waals surface area contributed by atoms with E-state index in [1.165, 1.54) is 12.1 Å². The Kier molecular flexibility index (Phi) is 3.52. The summed E-state index contributed by atoms with van der Waals surface area (Å²) in [6.45, 7) is 3.67. The molecule has 0 saturated heterocycles. The zero-order chi connectivity index (χ0) is 17.8. The largest absolute Gasteiger partial charge is 0.361 e. The van der Waals surface area contributed by atoms with Crippen LogP contribution in [-0.2, 0) is 15.4 Å². The number of aromatic amines is 2. The van der Waals surface area contributed by atoms with Crippen molar-refractivity contribution in [3.8, 4) is 0 Å². The van der Waals surface area contributed by atoms with Crippen LogP contribution < -0.4 is 4.72 Å². The maximum atomic E-state index is 13.4. The number of halogens is 1. The molecule has 0 spiro atoms. The molecule has 132 valence electrons. The van der Waals surface area contributed by atoms with E-state index in [0.29, 0.717) is 17.9 Å². The molecule has 6 nitrogen and oxygen atoms in total. The van der Waals surface area contributed by atoms with Crippen LogP contribution in [0.2, 0.25) is 0 Å². The Morgan fingerprint density at radius 1 is 1.32 bits per heavy atom. The minimum absolute atomic E-state index is 0.212. The second-order valence-corrected chi connectivity index (χ2v) is 8.46. The second kappa shape index (κ2) is 5.40. The van der Waals surface area contributed by atoms with Gasteiger partial charge in [-0.05, 0) is 50.5 Å². The lowest BCUT2D eigenvalue weighted by atomic mass is 9.96. The minimum Gasteiger partial charge on any atom is -0.361 e. The molecular weight excluding hydrogens is 343 g/mol. The van der Waals surface area contributed by atoms with Gasteiger partial charge in [0.05, 0.1) is 11.4 Å². The molecule has 1 aromatic carbocycles. The number of aromatic nitrogens is 3. The van der Waals surface area contributed by atoms with Gasteiger partial charge in [0.1, 0.15) is 10.7 Å². The molecule has 0 unspecified atom stereocenters. The standard InChI is InChI=1S/C17H19FN4O2S/c1-10-16(11(2)22-21-10)25(23,24)20-9-17(5-6-17)14-8-19-15-7-12(18)3-4-13(14)15/h3-4,7-8,19-20H,5-6,9H2,1-2H3,(H,21,22). The van der Waals surface area contributed by atoms with Gasteiger partial charge in [0, 0.05) is 29.1 Å². The van der Waals surface area contributed by atoms with Crippen molar-refractivity contribution in [2.24, 2.45) is 0 Å². The summed E-state index contributed by atoms with van der Waals surface area (Å²) in [4.78, 5) is 3.30. The third-order valence-electron chi connectivity index (χ3n) is 5.00. The number of aryl methyl sites for hydroxylation is 2. The molecule has 1 saturated carbocycles. The Morgan fingerprint density at radius 3 is 2.72 bits per heavy atom. The van der Waals surface area contributed by atoms with E-state index in [0.717, 1.165) is 29.3 Å². The fourth-order valence-electron chi connectivity index (χ4n) is 3.47. The van der Waals surface area contributed by atoms with Crippen molar-refractivity contribution in [2.75, 3.05) is 6.54 Å². The first-order valence-electron chi connectivity index (χ1n) is 8.11. The van der Waals surface area contributed by atoms with Gasteiger partial charge in [-0.15, -0.1) is 0 Å². The number of nitrogens with one attached hydrogen (secondary N) is 3. The van der Waals surface area contributed by atoms with Gasteiger partial charge in [-0.3, -0.25) is 5.10 Å². The lowest BCUT2D eigenvalue weighted by molar-refractivity contribution is 0.566. The summed E-state index contributed by atoms with van der Waals surface area (Å²) >= 11 is 0. The molecule has 8 heteroatoms. The maximum Gasteiger partial charge on any atom is 0.244 e. The van der Waals surface area contributed by atoms with Crippen LogP contribution in [0.25, 0.3) is 10.9 Å². The Balaban J connectivity index is 1.62. The maximum absolute atomic E-state index is 13.4. The van der Waals surface area contributed by atoms with Crippen molar-refractivity contribution < 1.29 is 12.8 Å². The summed E-state index contributed by atoms with van der Waals surface area (Å²) in [6, 6.07) is 4.63. The van der Waals surface area contributed by atoms with E-state index < -0.39 is 10.0 Å². The zero-order valence-corrected chi connectivity index (χ0v) is 14.8. The highest BCUT2D eigenvalue weighted by molar-refractivity contribution is 7.89. The van der Waals surface area contributed by atoms with Gasteiger partial charge < -0.3 is 4.98 Å². The molecule has 4 rings (SSSR count). The molecule has 25 heavy (non-hydrogen) atoms. The van der Waals surface area contributed by atoms with Crippen molar-refractivity contribution in [1.82, 2.24) is 19.9 Å². The van der Waals surface area contributed by atoms with Crippen molar-refractivity contribution in [3.63, 3.8) is 0 Å². The predicted octanol–water partition coefficient (Wildman–Crippen LogP) is 2.66. The molecule has 3 aromatic rings. The van der Waals surface area contributed by atoms with Crippen LogP contribution in [-0.4, -0.2) is 30.1 Å². The molecular formula is C17H19FN4O2S. The van der Waals surface area contributed by atoms with Crippen LogP contribution in [0.3, 0.4) is 0 Å². The van der Waals surface area contributed by atoms with Crippen molar-refractivity contribution in [1.29, 1.82) is 0 Å². The number of nitrogens with zero attached hydrogens (tertiary/aromatic N) is 1. The molecule has 2 heterocycles. The normalized spacial score (nSPS) is 16.4. The fourth-order valence-corrected chi connectivity index (χ4v) is 4.97. The van der Waals surface area contributed by atoms with Crippen LogP contribution in [0.15, 0.2) is 29.3 Å². The molecule has 1 fully saturated rings. The Morgan fingerprint density at radius 2 is 2.08 bits per heavy atom. The monoisotopic (exact) mass is 362 g/mol. The second-order valence-electron chi connectivity index (χ2n) is 6.76. The van der Waals surface area contributed by atoms with Crippen molar-refractivity contribution in [2.45, 2.75) is 37.0 Å². The van der Waals surface area contributed by atoms with Gasteiger partial charge >= 0.3 is 0 Å². The quantitative estimate of drug-likeness (QED) is 0.652. The summed E-state index contributed by atoms with van der Waals surface area (Å²) in [5.74, 6) is -0.294. The van der Waals surface area contributed by atoms with Crippen LogP contribution in [0.5, 0.6) is 0 Å². The number of benzene rings is 1. The SMILES string of the molecule is Cc1n[nH]c(C)c1S(=O)(=O)NCC1(c2c[nH]c3cc(F)ccc23)CC1. The number of hydrogen-bond donors (Lipinski definition) is 3. The Labute approximate surface area is 144 Å². The highest BCUT2D eigenvalue weighted by Crippen LogP contribution is 2.50. The van der Waals surface area contributed by atoms with Gasteiger partial charge in [0.25, 0.3) is 0 Å². The van der Waals surface area contributed by atoms with Gasteiger partial charge in [-0.1, -0.05) is 0 Å². The number of hydrogen-bond acceptors (Lipinski definition) is 3. The summed E-state index contributed by atoms with van der Waals surface area (Å²) in [7, 11) is -3.64. The van der Waals surface area contributed by atoms with Crippen LogP contribution in [0.1, 0.15) is 29.8 Å². The van der Waals surface area contributed by atoms with E-state index in [9.17, 15) is 12.8 Å². The molecule has 3 N–H and O–H groups in total. The Bertz CT molecular complexity index is 1040. The van der Waals surface area contributed by atoms with Crippen molar-refractivity contribution >= 4 is 20.9 Å². The first kappa shape index (κ1) is 16.3. The van der Waals surface area contributed by atoms with Crippen LogP contribution in [0.4, 0.5) is 4.39 Å². The van der Waals surface area contributed by atoms with Crippen LogP contribution >= 0.6 is 0 Å². The zero-order valence-electron chi connectivity index (χ0n) is 14.0. The summed E-state index contributed by atoms with van der Waals surface area (Å²) in [5, 5.41) is 7.60. The summed E-state index contributed by atoms with van der Waals surface area (Å²) in [5.41, 5.74) is 2.50. The third kappa shape index (κ3) is 2.65. The molecule has 0 radical (unpaired) electrons. The lowest BCUT2D eigenvalue weighted by Crippen LogP contribution is -2.32. The number of sulfonamides is 1. The van der Waals surface area contributed by atoms with Gasteiger partial charge in [0.15, 0.2) is 0 Å². The van der Waals surface area contributed by atoms with E-state index >= 15 is 0 Å². The van der Waals surface area contributed by atoms with E-state index in [-0.39, 0.29) is 16.1 Å². The van der Waals surface area contributed by atoms with Crippen LogP contribution in [0, 0.1) is 19.7 Å². The molecule has 0 amide bonds. The molecule has 1 aliphatic carbocycles. The van der Waals surface area contributed by atoms with Gasteiger partial charge in [0.2, 0.25) is 10.0 Å². The van der Waals surface area contributed by atoms with Gasteiger partial charge in [-0.2, -0.15) is 5.10 Å². The third-order valence-corrected chi connectivity index (χ3v) is 6.66. The number of rotatable bonds is 5. The van der Waals surface area contributed by atoms with E-state index in [1.807, 2.05) is 6.20 Å². The highest BCUT2D eigenvalue weighted by Gasteiger charge is 2.46. The first-order chi connectivity index (χ1) is 11.8. The van der Waals surface area contributed by atoms with E-state index in [1.54, 1.807) is 19.9 Å². The average Bonchev–Trinajstić information content (AvgIpc) is 3.10. The lowest BCUT2D eigenvalue weighted by Gasteiger charge is -2.16. The minimum atomic E-state index is -3.64. The summed E-state index contributed by atoms with van der Waals surface area (Å²) in [6.07, 6.45) is 3.64. The number of fused-ring (bicyclic) bond motifs is 1. The first-order valence-corrected chi connectivity index (χ1v) is 9.59. The fraction of sp³-hybridized carbons (Fsp3) is 0.353. The molecule has 1 aliphatic rings. The van der Waals surface area contributed by atoms with E-state index in [4.69, 9.17) is 0 Å². The average molecular weight is 362 g/mol. The summed E-state index contributed by atoms with van der Waals surface area (Å²) < 4.78 is 41.4. The topological polar surface area (TPSA) is 90.6 Å². The molecule has 2 aromatic heterocycles. The predicted molar refractivity (Wildman–Crippen MR) is 92.4 cm³/mol. The van der Waals surface area contributed by atoms with Crippen molar-refractivity contribution in [3.05, 3.63) is 47.2 Å². The smallest absolute Gasteiger partial charge is 0.244 e.